The molecule has 3 nitrogen and oxygen atoms in total. The van der Waals surface area contributed by atoms with Gasteiger partial charge in [0, 0.05) is 16.4 Å². The first kappa shape index (κ1) is 7.90. The lowest BCUT2D eigenvalue weighted by Gasteiger charge is -2.10. The summed E-state index contributed by atoms with van der Waals surface area (Å²) in [6.45, 7) is 0. The topological polar surface area (TPSA) is 45.8 Å². The van der Waals surface area contributed by atoms with Crippen molar-refractivity contribution in [3.05, 3.63) is 17.0 Å². The molecule has 3 aliphatic rings. The van der Waals surface area contributed by atoms with Crippen molar-refractivity contribution in [1.29, 1.82) is 0 Å². The maximum atomic E-state index is 12.6. The number of fused-ring (bicyclic) bond motifs is 1. The summed E-state index contributed by atoms with van der Waals surface area (Å²) in [5, 5.41) is 5.46. The first-order valence-electron chi connectivity index (χ1n) is 4.63. The highest BCUT2D eigenvalue weighted by molar-refractivity contribution is 6.13. The first-order valence-corrected chi connectivity index (χ1v) is 4.63. The van der Waals surface area contributed by atoms with Crippen LogP contribution in [0.3, 0.4) is 0 Å². The molecule has 6 heteroatoms. The molecule has 0 spiro atoms. The molecule has 1 aromatic rings. The molecule has 1 heterocycles. The number of carbonyl (C=O) groups excluding carboxylic acids is 1. The molecule has 1 N–H and O–H groups in total. The van der Waals surface area contributed by atoms with Gasteiger partial charge in [-0.1, -0.05) is 0 Å². The van der Waals surface area contributed by atoms with Gasteiger partial charge in [-0.3, -0.25) is 9.89 Å². The minimum Gasteiger partial charge on any atom is -0.292 e. The van der Waals surface area contributed by atoms with Gasteiger partial charge in [-0.25, -0.2) is 0 Å². The summed E-state index contributed by atoms with van der Waals surface area (Å²) in [4.78, 5) is 11.7. The summed E-state index contributed by atoms with van der Waals surface area (Å²) in [5.41, 5.74) is -1.58. The van der Waals surface area contributed by atoms with Gasteiger partial charge in [-0.2, -0.15) is 18.3 Å². The molecule has 0 saturated heterocycles. The van der Waals surface area contributed by atoms with Crippen LogP contribution >= 0.6 is 0 Å². The number of alkyl halides is 3. The number of hydrogen-bond acceptors (Lipinski definition) is 2. The molecule has 0 aromatic carbocycles. The molecule has 0 unspecified atom stereocenters. The van der Waals surface area contributed by atoms with Gasteiger partial charge < -0.3 is 0 Å². The summed E-state index contributed by atoms with van der Waals surface area (Å²) in [6.07, 6.45) is -3.25. The van der Waals surface area contributed by atoms with Crippen molar-refractivity contribution >= 4 is 5.78 Å². The van der Waals surface area contributed by atoms with E-state index in [9.17, 15) is 18.0 Å². The van der Waals surface area contributed by atoms with Crippen molar-refractivity contribution < 1.29 is 18.0 Å². The molecule has 3 aliphatic carbocycles. The van der Waals surface area contributed by atoms with E-state index in [2.05, 4.69) is 5.10 Å². The van der Waals surface area contributed by atoms with Gasteiger partial charge in [0.15, 0.2) is 5.78 Å². The monoisotopic (exact) mass is 214 g/mol. The van der Waals surface area contributed by atoms with Crippen LogP contribution in [0.2, 0.25) is 0 Å². The van der Waals surface area contributed by atoms with Crippen molar-refractivity contribution in [3.63, 3.8) is 0 Å². The Morgan fingerprint density at radius 2 is 1.93 bits per heavy atom. The number of nitrogens with one attached hydrogen (secondary N) is 1. The molecular weight excluding hydrogens is 209 g/mol. The molecule has 78 valence electrons. The third-order valence-electron chi connectivity index (χ3n) is 4.05. The summed E-state index contributed by atoms with van der Waals surface area (Å²) in [5.74, 6) is -0.191. The Balaban J connectivity index is 2.01. The average Bonchev–Trinajstić information content (AvgIpc) is 2.76. The van der Waals surface area contributed by atoms with Gasteiger partial charge in [0.25, 0.3) is 0 Å². The normalized spacial score (nSPS) is 39.8. The van der Waals surface area contributed by atoms with Crippen molar-refractivity contribution in [2.45, 2.75) is 24.4 Å². The number of halogens is 3. The number of rotatable bonds is 0. The quantitative estimate of drug-likeness (QED) is 0.713. The summed E-state index contributed by atoms with van der Waals surface area (Å²) < 4.78 is 37.8. The van der Waals surface area contributed by atoms with Gasteiger partial charge in [-0.15, -0.1) is 0 Å². The minimum absolute atomic E-state index is 0.0276. The lowest BCUT2D eigenvalue weighted by molar-refractivity contribution is -0.141. The second-order valence-electron chi connectivity index (χ2n) is 4.67. The van der Waals surface area contributed by atoms with Crippen LogP contribution in [0.15, 0.2) is 0 Å². The minimum atomic E-state index is -4.43. The van der Waals surface area contributed by atoms with Crippen molar-refractivity contribution in [2.24, 2.45) is 5.41 Å². The van der Waals surface area contributed by atoms with E-state index in [4.69, 9.17) is 0 Å². The number of carbonyl (C=O) groups is 1. The van der Waals surface area contributed by atoms with E-state index in [-0.39, 0.29) is 17.0 Å². The van der Waals surface area contributed by atoms with Gasteiger partial charge in [0.05, 0.1) is 0 Å². The summed E-state index contributed by atoms with van der Waals surface area (Å²) in [7, 11) is 0. The lowest BCUT2D eigenvalue weighted by Crippen LogP contribution is -2.14. The van der Waals surface area contributed by atoms with Crippen molar-refractivity contribution in [3.8, 4) is 0 Å². The standard InChI is InChI=1S/C9H5F3N2O/c10-9(11,12)5-3-4(13-14-5)6(15)8-1-7(3,8)2-8/h1-2H2,(H,13,14). The molecular formula is C9H5F3N2O. The second-order valence-corrected chi connectivity index (χ2v) is 4.67. The van der Waals surface area contributed by atoms with Crippen LogP contribution in [0.1, 0.15) is 34.6 Å². The maximum Gasteiger partial charge on any atom is 0.433 e. The fourth-order valence-corrected chi connectivity index (χ4v) is 3.09. The maximum absolute atomic E-state index is 12.6. The molecule has 0 amide bonds. The van der Waals surface area contributed by atoms with Crippen LogP contribution < -0.4 is 0 Å². The molecule has 1 aromatic heterocycles. The predicted octanol–water partition coefficient (Wildman–Crippen LogP) is 1.66. The third-order valence-corrected chi connectivity index (χ3v) is 4.05. The Morgan fingerprint density at radius 1 is 1.27 bits per heavy atom. The highest BCUT2D eigenvalue weighted by Crippen LogP contribution is 2.90. The zero-order valence-corrected chi connectivity index (χ0v) is 7.40. The average molecular weight is 214 g/mol. The first-order chi connectivity index (χ1) is 6.92. The van der Waals surface area contributed by atoms with E-state index < -0.39 is 22.7 Å². The molecule has 0 radical (unpaired) electrons. The Bertz CT molecular complexity index is 522. The molecule has 0 aliphatic heterocycles. The SMILES string of the molecule is O=C1c2n[nH]c(C(F)(F)F)c2C23CC12C3. The number of Topliss-reactive ketones (excluding diaryl/α,β-unsaturated/α-hetero) is 1. The highest BCUT2D eigenvalue weighted by atomic mass is 19.4. The van der Waals surface area contributed by atoms with Crippen LogP contribution in [0, 0.1) is 5.41 Å². The van der Waals surface area contributed by atoms with Gasteiger partial charge in [0.1, 0.15) is 11.4 Å². The van der Waals surface area contributed by atoms with E-state index in [0.717, 1.165) is 0 Å². The van der Waals surface area contributed by atoms with Gasteiger partial charge in [0.2, 0.25) is 0 Å². The number of aromatic nitrogens is 2. The van der Waals surface area contributed by atoms with Crippen LogP contribution in [-0.2, 0) is 11.6 Å². The smallest absolute Gasteiger partial charge is 0.292 e. The van der Waals surface area contributed by atoms with E-state index >= 15 is 0 Å². The van der Waals surface area contributed by atoms with E-state index in [1.54, 1.807) is 0 Å². The Kier molecular flexibility index (Phi) is 0.851. The van der Waals surface area contributed by atoms with E-state index in [1.807, 2.05) is 5.10 Å². The van der Waals surface area contributed by atoms with Gasteiger partial charge >= 0.3 is 6.18 Å². The van der Waals surface area contributed by atoms with Crippen LogP contribution in [0.25, 0.3) is 0 Å². The molecule has 0 bridgehead atoms. The van der Waals surface area contributed by atoms with E-state index in [0.29, 0.717) is 12.8 Å². The Labute approximate surface area is 81.7 Å². The summed E-state index contributed by atoms with van der Waals surface area (Å²) >= 11 is 0. The van der Waals surface area contributed by atoms with Crippen LogP contribution in [-0.4, -0.2) is 16.0 Å². The lowest BCUT2D eigenvalue weighted by atomic mass is 9.95. The van der Waals surface area contributed by atoms with Crippen LogP contribution in [0.5, 0.6) is 0 Å². The highest BCUT2D eigenvalue weighted by Gasteiger charge is 2.92. The second kappa shape index (κ2) is 1.62. The molecule has 0 atom stereocenters. The molecule has 15 heavy (non-hydrogen) atoms. The largest absolute Gasteiger partial charge is 0.433 e. The number of nitrogens with zero attached hydrogens (tertiary/aromatic N) is 1. The number of aromatic amines is 1. The number of H-pyrrole nitrogens is 1. The number of ketones is 1. The molecule has 2 fully saturated rings. The van der Waals surface area contributed by atoms with Crippen molar-refractivity contribution in [2.75, 3.05) is 0 Å². The zero-order valence-electron chi connectivity index (χ0n) is 7.40. The molecule has 2 saturated carbocycles. The predicted molar refractivity (Wildman–Crippen MR) is 41.3 cm³/mol. The zero-order chi connectivity index (χ0) is 10.6. The Morgan fingerprint density at radius 3 is 2.53 bits per heavy atom. The van der Waals surface area contributed by atoms with Gasteiger partial charge in [-0.05, 0) is 12.8 Å². The number of hydrogen-bond donors (Lipinski definition) is 1. The fraction of sp³-hybridized carbons (Fsp3) is 0.556. The van der Waals surface area contributed by atoms with Crippen molar-refractivity contribution in [1.82, 2.24) is 10.2 Å². The van der Waals surface area contributed by atoms with E-state index in [1.165, 1.54) is 0 Å². The fourth-order valence-electron chi connectivity index (χ4n) is 3.09. The summed E-state index contributed by atoms with van der Waals surface area (Å²) in [6, 6.07) is 0. The Hall–Kier alpha value is -1.33. The third kappa shape index (κ3) is 0.562. The molecule has 4 rings (SSSR count). The van der Waals surface area contributed by atoms with Crippen LogP contribution in [0.4, 0.5) is 13.2 Å².